The van der Waals surface area contributed by atoms with Gasteiger partial charge in [0.15, 0.2) is 20.0 Å². The van der Waals surface area contributed by atoms with Gasteiger partial charge in [-0.05, 0) is 0 Å². The van der Waals surface area contributed by atoms with Crippen molar-refractivity contribution in [2.45, 2.75) is 37.2 Å². The van der Waals surface area contributed by atoms with E-state index in [0.29, 0.717) is 85.5 Å². The monoisotopic (exact) mass is 1020 g/mol. The van der Waals surface area contributed by atoms with Gasteiger partial charge < -0.3 is 37.1 Å². The number of sulfonamides is 2. The molecule has 0 spiro atoms. The van der Waals surface area contributed by atoms with Crippen molar-refractivity contribution >= 4 is 30.2 Å². The van der Waals surface area contributed by atoms with E-state index < -0.39 is 41.2 Å². The first-order chi connectivity index (χ1) is 30.7. The lowest BCUT2D eigenvalue weighted by Crippen LogP contribution is -2.30. The number of halogens is 6. The predicted molar refractivity (Wildman–Crippen MR) is 216 cm³/mol. The molecule has 0 fully saturated rings. The van der Waals surface area contributed by atoms with Crippen molar-refractivity contribution in [2.75, 3.05) is 85.5 Å². The number of rotatable bonds is 26. The second-order valence-corrected chi connectivity index (χ2v) is 18.4. The average Bonchev–Trinajstić information content (AvgIpc) is 4.01. The summed E-state index contributed by atoms with van der Waals surface area (Å²) >= 11 is 0. The molecule has 0 aliphatic carbocycles. The van der Waals surface area contributed by atoms with Crippen molar-refractivity contribution in [2.24, 2.45) is 28.2 Å². The standard InChI is InChI=1S/2C16H28N4O3.C2F6NO4S2.CH4O3S/c2*1-17-3-5-19(15-17)7-9-21-11-13-23-14-12-22-10-8-20-6-4-18(2)16-20;3-1(4,5)14(10,11)9-15(12,13)2(6,7)8;1-5(2,3)4/h2*3-6,15-16H,7-14H2,1-2H3;;1H3,(H,2,3,4)/q2*+2;-1;/p-1. The SMILES string of the molecule is CS(=O)(=O)[O-].C[n+]1ccn(CCOCCOCCOCCn2cc[n+](C)c2)c1.C[n+]1ccn(CCOCCOCCOCCn2cc[n+](C)c2)c1.O=S(=O)([N-]S(=O)(=O)C(F)(F)F)C(F)(F)F. The molecule has 0 bridgehead atoms. The van der Waals surface area contributed by atoms with Crippen LogP contribution in [0.1, 0.15) is 0 Å². The van der Waals surface area contributed by atoms with Gasteiger partial charge in [0.25, 0.3) is 0 Å². The fourth-order valence-electron chi connectivity index (χ4n) is 4.51. The topological polar surface area (TPSA) is 230 Å². The molecule has 0 aliphatic heterocycles. The third-order valence-corrected chi connectivity index (χ3v) is 10.3. The molecule has 0 N–H and O–H groups in total. The van der Waals surface area contributed by atoms with Gasteiger partial charge in [-0.25, -0.2) is 61.8 Å². The Morgan fingerprint density at radius 2 is 0.621 bits per heavy atom. The van der Waals surface area contributed by atoms with E-state index in [1.165, 1.54) is 0 Å². The summed E-state index contributed by atoms with van der Waals surface area (Å²) in [4.78, 5) is 0. The number of imidazole rings is 4. The molecule has 4 aromatic heterocycles. The Morgan fingerprint density at radius 3 is 0.773 bits per heavy atom. The molecule has 31 heteroatoms. The minimum atomic E-state index is -6.72. The molecule has 4 rings (SSSR count). The Kier molecular flexibility index (Phi) is 27.6. The Hall–Kier alpha value is -4.05. The normalized spacial score (nSPS) is 12.2. The molecule has 0 saturated heterocycles. The zero-order chi connectivity index (χ0) is 49.9. The summed E-state index contributed by atoms with van der Waals surface area (Å²) in [5, 5.41) is 0. The van der Waals surface area contributed by atoms with Gasteiger partial charge >= 0.3 is 11.0 Å². The second-order valence-electron chi connectivity index (χ2n) is 13.6. The minimum Gasteiger partial charge on any atom is -0.748 e. The molecule has 0 aromatic carbocycles. The zero-order valence-electron chi connectivity index (χ0n) is 37.1. The van der Waals surface area contributed by atoms with E-state index in [2.05, 4.69) is 18.3 Å². The molecule has 380 valence electrons. The van der Waals surface area contributed by atoms with E-state index in [-0.39, 0.29) is 0 Å². The molecule has 4 heterocycles. The van der Waals surface area contributed by atoms with Crippen LogP contribution < -0.4 is 18.3 Å². The summed E-state index contributed by atoms with van der Waals surface area (Å²) in [6, 6.07) is 0. The first kappa shape index (κ1) is 60.0. The number of hydrogen-bond donors (Lipinski definition) is 0. The molecule has 0 unspecified atom stereocenters. The van der Waals surface area contributed by atoms with E-state index in [9.17, 15) is 43.2 Å². The Morgan fingerprint density at radius 1 is 0.439 bits per heavy atom. The second kappa shape index (κ2) is 30.4. The van der Waals surface area contributed by atoms with E-state index >= 15 is 0 Å². The highest BCUT2D eigenvalue weighted by Gasteiger charge is 2.47. The molecule has 0 amide bonds. The van der Waals surface area contributed by atoms with E-state index in [1.54, 1.807) is 0 Å². The van der Waals surface area contributed by atoms with Crippen LogP contribution in [0.5, 0.6) is 0 Å². The maximum atomic E-state index is 11.4. The summed E-state index contributed by atoms with van der Waals surface area (Å²) in [5.74, 6) is 0. The van der Waals surface area contributed by atoms with Crippen LogP contribution in [0.25, 0.3) is 4.13 Å². The predicted octanol–water partition coefficient (Wildman–Crippen LogP) is -0.402. The summed E-state index contributed by atoms with van der Waals surface area (Å²) in [7, 11) is -9.34. The van der Waals surface area contributed by atoms with Crippen LogP contribution in [0.4, 0.5) is 26.3 Å². The van der Waals surface area contributed by atoms with Crippen molar-refractivity contribution in [3.63, 3.8) is 0 Å². The average molecular weight is 1020 g/mol. The fourth-order valence-corrected chi connectivity index (χ4v) is 6.22. The summed E-state index contributed by atoms with van der Waals surface area (Å²) in [5.41, 5.74) is -12.4. The van der Waals surface area contributed by atoms with Gasteiger partial charge in [0.05, 0.1) is 118 Å². The van der Waals surface area contributed by atoms with Crippen LogP contribution in [-0.4, -0.2) is 145 Å². The van der Waals surface area contributed by atoms with Crippen LogP contribution in [-0.2, 0) is 113 Å². The van der Waals surface area contributed by atoms with E-state index in [0.717, 1.165) is 30.3 Å². The molecule has 0 atom stereocenters. The lowest BCUT2D eigenvalue weighted by molar-refractivity contribution is -0.671. The summed E-state index contributed by atoms with van der Waals surface area (Å²) < 4.78 is 186. The maximum absolute atomic E-state index is 11.4. The zero-order valence-corrected chi connectivity index (χ0v) is 39.5. The highest BCUT2D eigenvalue weighted by Crippen LogP contribution is 2.36. The number of aryl methyl sites for hydroxylation is 4. The first-order valence-corrected chi connectivity index (χ1v) is 24.2. The lowest BCUT2D eigenvalue weighted by atomic mass is 10.6. The summed E-state index contributed by atoms with van der Waals surface area (Å²) in [6.45, 7) is 11.1. The van der Waals surface area contributed by atoms with Crippen molar-refractivity contribution in [3.05, 3.63) is 79.0 Å². The largest absolute Gasteiger partial charge is 0.748 e. The number of alkyl halides is 6. The van der Waals surface area contributed by atoms with Crippen LogP contribution in [0.2, 0.25) is 0 Å². The lowest BCUT2D eigenvalue weighted by Gasteiger charge is -2.22. The van der Waals surface area contributed by atoms with Crippen molar-refractivity contribution in [3.8, 4) is 0 Å². The number of ether oxygens (including phenoxy) is 6. The van der Waals surface area contributed by atoms with Gasteiger partial charge in [-0.2, -0.15) is 26.3 Å². The summed E-state index contributed by atoms with van der Waals surface area (Å²) in [6.07, 6.45) is 24.9. The number of hydrogen-bond acceptors (Lipinski definition) is 13. The third-order valence-electron chi connectivity index (χ3n) is 7.54. The minimum absolute atomic E-state index is 0.604. The molecule has 0 aliphatic rings. The van der Waals surface area contributed by atoms with Gasteiger partial charge in [-0.3, -0.25) is 0 Å². The van der Waals surface area contributed by atoms with Crippen LogP contribution in [0, 0.1) is 0 Å². The Bertz CT molecular complexity index is 2010. The van der Waals surface area contributed by atoms with Crippen molar-refractivity contribution in [1.29, 1.82) is 0 Å². The van der Waals surface area contributed by atoms with Crippen LogP contribution in [0.3, 0.4) is 0 Å². The molecular formula is C35H59F6N9O13S3+2. The smallest absolute Gasteiger partial charge is 0.480 e. The van der Waals surface area contributed by atoms with E-state index in [1.807, 2.05) is 121 Å². The molecular weight excluding hydrogens is 965 g/mol. The molecule has 0 saturated carbocycles. The first-order valence-electron chi connectivity index (χ1n) is 19.5. The number of aromatic nitrogens is 8. The number of nitrogens with zero attached hydrogens (tertiary/aromatic N) is 9. The van der Waals surface area contributed by atoms with Crippen molar-refractivity contribution in [1.82, 2.24) is 18.3 Å². The van der Waals surface area contributed by atoms with E-state index in [4.69, 9.17) is 41.4 Å². The Balaban J connectivity index is 0.000000481. The maximum Gasteiger partial charge on any atom is 0.480 e. The quantitative estimate of drug-likeness (QED) is 0.0338. The van der Waals surface area contributed by atoms with Gasteiger partial charge in [0, 0.05) is 6.26 Å². The molecule has 0 radical (unpaired) electrons. The fraction of sp³-hybridized carbons (Fsp3) is 0.657. The van der Waals surface area contributed by atoms with Crippen LogP contribution >= 0.6 is 0 Å². The Labute approximate surface area is 380 Å². The molecule has 66 heavy (non-hydrogen) atoms. The molecule has 22 nitrogen and oxygen atoms in total. The highest BCUT2D eigenvalue weighted by atomic mass is 32.3. The van der Waals surface area contributed by atoms with Gasteiger partial charge in [-0.15, -0.1) is 0 Å². The third kappa shape index (κ3) is 29.6. The van der Waals surface area contributed by atoms with Gasteiger partial charge in [-0.1, -0.05) is 0 Å². The van der Waals surface area contributed by atoms with Gasteiger partial charge in [0.1, 0.15) is 75.8 Å². The van der Waals surface area contributed by atoms with Crippen LogP contribution in [0.15, 0.2) is 74.9 Å². The highest BCUT2D eigenvalue weighted by molar-refractivity contribution is 8.13. The van der Waals surface area contributed by atoms with Gasteiger partial charge in [0.2, 0.25) is 25.3 Å². The van der Waals surface area contributed by atoms with Crippen molar-refractivity contribution < 1.29 is 103 Å². The molecule has 4 aromatic rings.